The monoisotopic (exact) mass is 230 g/mol. The van der Waals surface area contributed by atoms with Gasteiger partial charge in [0.05, 0.1) is 7.11 Å². The molecule has 88 valence electrons. The predicted molar refractivity (Wildman–Crippen MR) is 67.3 cm³/mol. The normalized spacial score (nSPS) is 10.9. The zero-order valence-corrected chi connectivity index (χ0v) is 9.79. The summed E-state index contributed by atoms with van der Waals surface area (Å²) in [4.78, 5) is 0. The molecular formula is C12H14N4O. The van der Waals surface area contributed by atoms with Crippen LogP contribution in [0.5, 0.6) is 5.75 Å². The summed E-state index contributed by atoms with van der Waals surface area (Å²) in [5.74, 6) is 1.91. The van der Waals surface area contributed by atoms with Crippen molar-refractivity contribution in [2.24, 2.45) is 7.05 Å². The van der Waals surface area contributed by atoms with Gasteiger partial charge in [-0.25, -0.2) is 0 Å². The van der Waals surface area contributed by atoms with Gasteiger partial charge >= 0.3 is 0 Å². The number of nitrogen functional groups attached to an aromatic ring is 1. The number of aromatic nitrogens is 3. The minimum Gasteiger partial charge on any atom is -0.496 e. The Kier molecular flexibility index (Phi) is 3.09. The van der Waals surface area contributed by atoms with E-state index in [1.165, 1.54) is 0 Å². The maximum atomic E-state index is 5.60. The molecule has 0 saturated carbocycles. The van der Waals surface area contributed by atoms with E-state index in [-0.39, 0.29) is 0 Å². The Morgan fingerprint density at radius 1 is 1.24 bits per heavy atom. The number of methoxy groups -OCH3 is 1. The number of anilines is 1. The summed E-state index contributed by atoms with van der Waals surface area (Å²) in [5.41, 5.74) is 6.58. The quantitative estimate of drug-likeness (QED) is 0.869. The highest BCUT2D eigenvalue weighted by Gasteiger charge is 2.02. The Hall–Kier alpha value is -2.30. The molecule has 0 atom stereocenters. The molecule has 0 amide bonds. The number of hydrogen-bond acceptors (Lipinski definition) is 4. The third-order valence-corrected chi connectivity index (χ3v) is 2.49. The standard InChI is InChI=1S/C12H14N4O/c1-16-11(14-15-12(16)13)8-7-9-5-3-4-6-10(9)17-2/h3-8H,1-2H3,(H2,13,15)/b8-7+. The van der Waals surface area contributed by atoms with Crippen LogP contribution < -0.4 is 10.5 Å². The number of para-hydroxylation sites is 1. The van der Waals surface area contributed by atoms with Crippen molar-refractivity contribution in [3.63, 3.8) is 0 Å². The molecule has 5 heteroatoms. The highest BCUT2D eigenvalue weighted by molar-refractivity contribution is 5.70. The predicted octanol–water partition coefficient (Wildman–Crippen LogP) is 1.58. The molecule has 0 aliphatic heterocycles. The Labute approximate surface area is 99.5 Å². The van der Waals surface area contributed by atoms with Crippen molar-refractivity contribution in [3.05, 3.63) is 35.7 Å². The molecule has 0 unspecified atom stereocenters. The maximum absolute atomic E-state index is 5.60. The molecule has 0 aliphatic rings. The number of nitrogens with two attached hydrogens (primary N) is 1. The molecule has 1 aromatic heterocycles. The first-order valence-electron chi connectivity index (χ1n) is 5.18. The van der Waals surface area contributed by atoms with Crippen molar-refractivity contribution in [2.75, 3.05) is 12.8 Å². The van der Waals surface area contributed by atoms with E-state index in [1.54, 1.807) is 11.7 Å². The second-order valence-corrected chi connectivity index (χ2v) is 3.55. The summed E-state index contributed by atoms with van der Waals surface area (Å²) in [6.07, 6.45) is 3.77. The van der Waals surface area contributed by atoms with Gasteiger partial charge < -0.3 is 10.5 Å². The Bertz CT molecular complexity index is 545. The number of rotatable bonds is 3. The van der Waals surface area contributed by atoms with Crippen LogP contribution >= 0.6 is 0 Å². The summed E-state index contributed by atoms with van der Waals surface area (Å²) in [6, 6.07) is 7.75. The van der Waals surface area contributed by atoms with Crippen LogP contribution in [0.3, 0.4) is 0 Å². The molecule has 0 bridgehead atoms. The van der Waals surface area contributed by atoms with Gasteiger partial charge in [-0.1, -0.05) is 18.2 Å². The summed E-state index contributed by atoms with van der Waals surface area (Å²) < 4.78 is 6.96. The molecule has 2 aromatic rings. The fraction of sp³-hybridized carbons (Fsp3) is 0.167. The van der Waals surface area contributed by atoms with E-state index >= 15 is 0 Å². The van der Waals surface area contributed by atoms with Crippen molar-refractivity contribution >= 4 is 18.1 Å². The summed E-state index contributed by atoms with van der Waals surface area (Å²) in [6.45, 7) is 0. The average molecular weight is 230 g/mol. The summed E-state index contributed by atoms with van der Waals surface area (Å²) in [7, 11) is 3.46. The van der Waals surface area contributed by atoms with Gasteiger partial charge in [-0.3, -0.25) is 4.57 Å². The van der Waals surface area contributed by atoms with Gasteiger partial charge in [0.25, 0.3) is 0 Å². The molecule has 0 fully saturated rings. The van der Waals surface area contributed by atoms with Gasteiger partial charge in [0.2, 0.25) is 5.95 Å². The van der Waals surface area contributed by atoms with Gasteiger partial charge in [-0.05, 0) is 18.2 Å². The van der Waals surface area contributed by atoms with Crippen LogP contribution in [-0.4, -0.2) is 21.9 Å². The molecule has 1 aromatic carbocycles. The van der Waals surface area contributed by atoms with Gasteiger partial charge in [0.1, 0.15) is 5.75 Å². The Morgan fingerprint density at radius 2 is 2.00 bits per heavy atom. The van der Waals surface area contributed by atoms with E-state index in [4.69, 9.17) is 10.5 Å². The largest absolute Gasteiger partial charge is 0.496 e. The van der Waals surface area contributed by atoms with Crippen molar-refractivity contribution in [1.82, 2.24) is 14.8 Å². The lowest BCUT2D eigenvalue weighted by Crippen LogP contribution is -1.98. The smallest absolute Gasteiger partial charge is 0.221 e. The Morgan fingerprint density at radius 3 is 2.65 bits per heavy atom. The van der Waals surface area contributed by atoms with Gasteiger partial charge in [-0.15, -0.1) is 10.2 Å². The third kappa shape index (κ3) is 2.28. The van der Waals surface area contributed by atoms with E-state index in [1.807, 2.05) is 43.5 Å². The number of ether oxygens (including phenoxy) is 1. The first kappa shape index (κ1) is 11.2. The summed E-state index contributed by atoms with van der Waals surface area (Å²) in [5, 5.41) is 7.73. The van der Waals surface area contributed by atoms with E-state index < -0.39 is 0 Å². The van der Waals surface area contributed by atoms with Gasteiger partial charge in [-0.2, -0.15) is 0 Å². The lowest BCUT2D eigenvalue weighted by Gasteiger charge is -2.03. The van der Waals surface area contributed by atoms with Crippen LogP contribution in [0.1, 0.15) is 11.4 Å². The van der Waals surface area contributed by atoms with Crippen LogP contribution in [0.2, 0.25) is 0 Å². The zero-order chi connectivity index (χ0) is 12.3. The molecule has 0 aliphatic carbocycles. The highest BCUT2D eigenvalue weighted by atomic mass is 16.5. The molecule has 5 nitrogen and oxygen atoms in total. The van der Waals surface area contributed by atoms with Crippen LogP contribution in [0.15, 0.2) is 24.3 Å². The highest BCUT2D eigenvalue weighted by Crippen LogP contribution is 2.19. The molecule has 2 N–H and O–H groups in total. The minimum absolute atomic E-state index is 0.393. The second-order valence-electron chi connectivity index (χ2n) is 3.55. The number of benzene rings is 1. The van der Waals surface area contributed by atoms with E-state index in [0.29, 0.717) is 11.8 Å². The van der Waals surface area contributed by atoms with Crippen molar-refractivity contribution in [2.45, 2.75) is 0 Å². The van der Waals surface area contributed by atoms with Gasteiger partial charge in [0, 0.05) is 12.6 Å². The first-order chi connectivity index (χ1) is 8.22. The molecule has 0 saturated heterocycles. The fourth-order valence-corrected chi connectivity index (χ4v) is 1.47. The minimum atomic E-state index is 0.393. The molecule has 0 spiro atoms. The van der Waals surface area contributed by atoms with Crippen LogP contribution in [0.25, 0.3) is 12.2 Å². The third-order valence-electron chi connectivity index (χ3n) is 2.49. The molecular weight excluding hydrogens is 216 g/mol. The average Bonchev–Trinajstić information content (AvgIpc) is 2.68. The lowest BCUT2D eigenvalue weighted by atomic mass is 10.2. The lowest BCUT2D eigenvalue weighted by molar-refractivity contribution is 0.414. The van der Waals surface area contributed by atoms with E-state index in [2.05, 4.69) is 10.2 Å². The van der Waals surface area contributed by atoms with Gasteiger partial charge in [0.15, 0.2) is 5.82 Å². The van der Waals surface area contributed by atoms with Crippen LogP contribution in [-0.2, 0) is 7.05 Å². The summed E-state index contributed by atoms with van der Waals surface area (Å²) >= 11 is 0. The fourth-order valence-electron chi connectivity index (χ4n) is 1.47. The SMILES string of the molecule is COc1ccccc1/C=C/c1nnc(N)n1C. The topological polar surface area (TPSA) is 66.0 Å². The molecule has 0 radical (unpaired) electrons. The van der Waals surface area contributed by atoms with Crippen molar-refractivity contribution in [3.8, 4) is 5.75 Å². The number of nitrogens with zero attached hydrogens (tertiary/aromatic N) is 3. The molecule has 1 heterocycles. The Balaban J connectivity index is 2.29. The van der Waals surface area contributed by atoms with Crippen molar-refractivity contribution < 1.29 is 4.74 Å². The van der Waals surface area contributed by atoms with Crippen molar-refractivity contribution in [1.29, 1.82) is 0 Å². The first-order valence-corrected chi connectivity index (χ1v) is 5.18. The second kappa shape index (κ2) is 4.69. The van der Waals surface area contributed by atoms with Crippen LogP contribution in [0.4, 0.5) is 5.95 Å². The van der Waals surface area contributed by atoms with Crippen LogP contribution in [0, 0.1) is 0 Å². The number of hydrogen-bond donors (Lipinski definition) is 1. The van der Waals surface area contributed by atoms with E-state index in [9.17, 15) is 0 Å². The maximum Gasteiger partial charge on any atom is 0.221 e. The molecule has 2 rings (SSSR count). The zero-order valence-electron chi connectivity index (χ0n) is 9.79. The molecule has 17 heavy (non-hydrogen) atoms. The van der Waals surface area contributed by atoms with E-state index in [0.717, 1.165) is 11.3 Å².